The lowest BCUT2D eigenvalue weighted by molar-refractivity contribution is -0.161. The van der Waals surface area contributed by atoms with Crippen molar-refractivity contribution in [3.8, 4) is 0 Å². The van der Waals surface area contributed by atoms with Crippen molar-refractivity contribution in [2.75, 3.05) is 46.2 Å². The maximum Gasteiger partial charge on any atom is 0.508 e. The highest BCUT2D eigenvalue weighted by molar-refractivity contribution is 5.69. The van der Waals surface area contributed by atoms with E-state index in [1.54, 1.807) is 0 Å². The molecule has 0 saturated carbocycles. The molecule has 1 atom stereocenters. The van der Waals surface area contributed by atoms with Crippen LogP contribution in [0.5, 0.6) is 0 Å². The van der Waals surface area contributed by atoms with Gasteiger partial charge in [-0.1, -0.05) is 141 Å². The Morgan fingerprint density at radius 1 is 0.468 bits per heavy atom. The number of hydrogen-bond donors (Lipinski definition) is 0. The van der Waals surface area contributed by atoms with Crippen molar-refractivity contribution in [3.63, 3.8) is 0 Å². The Hall–Kier alpha value is -2.43. The molecule has 0 rings (SSSR count). The Morgan fingerprint density at radius 2 is 0.919 bits per heavy atom. The summed E-state index contributed by atoms with van der Waals surface area (Å²) in [7, 11) is 0. The van der Waals surface area contributed by atoms with Gasteiger partial charge in [-0.25, -0.2) is 4.79 Å². The van der Waals surface area contributed by atoms with Crippen molar-refractivity contribution in [2.45, 2.75) is 240 Å². The molecule has 1 unspecified atom stereocenters. The second-order valence-electron chi connectivity index (χ2n) is 17.6. The number of carbonyl (C=O) groups excluding carboxylic acids is 3. The van der Waals surface area contributed by atoms with Crippen LogP contribution < -0.4 is 0 Å². The predicted octanol–water partition coefficient (Wildman–Crippen LogP) is 14.0. The average molecular weight is 880 g/mol. The summed E-state index contributed by atoms with van der Waals surface area (Å²) in [4.78, 5) is 40.6. The van der Waals surface area contributed by atoms with Crippen LogP contribution in [0, 0.1) is 5.92 Å². The molecule has 62 heavy (non-hydrogen) atoms. The number of allylic oxidation sites excluding steroid dienone is 4. The molecule has 0 aromatic rings. The first kappa shape index (κ1) is 59.6. The van der Waals surface area contributed by atoms with Gasteiger partial charge < -0.3 is 28.4 Å². The average Bonchev–Trinajstić information content (AvgIpc) is 3.25. The van der Waals surface area contributed by atoms with Gasteiger partial charge in [-0.05, 0) is 85.5 Å². The third-order valence-electron chi connectivity index (χ3n) is 11.0. The van der Waals surface area contributed by atoms with Gasteiger partial charge in [0.25, 0.3) is 0 Å². The van der Waals surface area contributed by atoms with E-state index in [1.165, 1.54) is 77.0 Å². The normalized spacial score (nSPS) is 12.4. The van der Waals surface area contributed by atoms with Gasteiger partial charge in [-0.15, -0.1) is 0 Å². The highest BCUT2D eigenvalue weighted by atomic mass is 16.7. The van der Waals surface area contributed by atoms with Crippen LogP contribution in [0.4, 0.5) is 4.79 Å². The molecule has 0 bridgehead atoms. The molecule has 0 saturated heterocycles. The summed E-state index contributed by atoms with van der Waals surface area (Å²) < 4.78 is 34.2. The third-order valence-corrected chi connectivity index (χ3v) is 11.0. The smallest absolute Gasteiger partial charge is 0.465 e. The predicted molar refractivity (Wildman–Crippen MR) is 255 cm³/mol. The summed E-state index contributed by atoms with van der Waals surface area (Å²) in [5.41, 5.74) is 0. The number of unbranched alkanes of at least 4 members (excludes halogenated alkanes) is 18. The summed E-state index contributed by atoms with van der Waals surface area (Å²) in [6.45, 7) is 17.4. The zero-order valence-electron chi connectivity index (χ0n) is 41.3. The van der Waals surface area contributed by atoms with E-state index in [2.05, 4.69) is 77.7 Å². The second kappa shape index (κ2) is 45.1. The minimum atomic E-state index is -0.786. The Kier molecular flexibility index (Phi) is 43.4. The lowest BCUT2D eigenvalue weighted by atomic mass is 10.1. The fraction of sp³-hybridized carbons (Fsp3) is 0.865. The zero-order chi connectivity index (χ0) is 45.7. The quantitative estimate of drug-likeness (QED) is 0.0193. The Balaban J connectivity index is 4.94. The van der Waals surface area contributed by atoms with Gasteiger partial charge in [0.2, 0.25) is 0 Å². The lowest BCUT2D eigenvalue weighted by Gasteiger charge is -2.30. The largest absolute Gasteiger partial charge is 0.508 e. The highest BCUT2D eigenvalue weighted by Gasteiger charge is 2.20. The summed E-state index contributed by atoms with van der Waals surface area (Å²) in [5.74, 6) is -1.23. The molecule has 0 spiro atoms. The Morgan fingerprint density at radius 3 is 1.47 bits per heavy atom. The molecule has 0 radical (unpaired) electrons. The SMILES string of the molecule is CCCCC/C=C\C/C=C\CCCCCCCC(=O)OCC(COC(=O)CCC(OCCCCCCCC)OCCCCCCCC)COC(=O)OCCCN(C(C)C)C(C)C. The van der Waals surface area contributed by atoms with Crippen LogP contribution in [0.25, 0.3) is 0 Å². The van der Waals surface area contributed by atoms with Crippen molar-refractivity contribution in [2.24, 2.45) is 5.92 Å². The van der Waals surface area contributed by atoms with Crippen molar-refractivity contribution in [1.82, 2.24) is 4.90 Å². The summed E-state index contributed by atoms with van der Waals surface area (Å²) in [6.07, 6.45) is 35.6. The van der Waals surface area contributed by atoms with Gasteiger partial charge in [0.1, 0.15) is 19.8 Å². The molecule has 0 amide bonds. The van der Waals surface area contributed by atoms with E-state index in [1.807, 2.05) is 0 Å². The van der Waals surface area contributed by atoms with Gasteiger partial charge in [-0.3, -0.25) is 14.5 Å². The zero-order valence-corrected chi connectivity index (χ0v) is 41.3. The van der Waals surface area contributed by atoms with E-state index in [-0.39, 0.29) is 38.8 Å². The first-order chi connectivity index (χ1) is 30.1. The molecule has 0 aromatic heterocycles. The summed E-state index contributed by atoms with van der Waals surface area (Å²) in [6, 6.07) is 0.786. The molecule has 0 aliphatic heterocycles. The van der Waals surface area contributed by atoms with Crippen LogP contribution in [0.2, 0.25) is 0 Å². The van der Waals surface area contributed by atoms with Crippen molar-refractivity contribution in [3.05, 3.63) is 24.3 Å². The van der Waals surface area contributed by atoms with Gasteiger partial charge >= 0.3 is 18.1 Å². The number of hydrogen-bond acceptors (Lipinski definition) is 10. The van der Waals surface area contributed by atoms with Crippen molar-refractivity contribution in [1.29, 1.82) is 0 Å². The number of rotatable bonds is 45. The number of esters is 2. The van der Waals surface area contributed by atoms with Gasteiger partial charge in [-0.2, -0.15) is 0 Å². The van der Waals surface area contributed by atoms with Gasteiger partial charge in [0, 0.05) is 44.7 Å². The molecule has 0 aliphatic rings. The van der Waals surface area contributed by atoms with Crippen LogP contribution in [0.15, 0.2) is 24.3 Å². The maximum atomic E-state index is 13.0. The highest BCUT2D eigenvalue weighted by Crippen LogP contribution is 2.14. The van der Waals surface area contributed by atoms with E-state index in [0.29, 0.717) is 44.6 Å². The summed E-state index contributed by atoms with van der Waals surface area (Å²) in [5, 5.41) is 0. The Labute approximate surface area is 381 Å². The van der Waals surface area contributed by atoms with E-state index >= 15 is 0 Å². The molecule has 0 heterocycles. The van der Waals surface area contributed by atoms with E-state index in [4.69, 9.17) is 28.4 Å². The monoisotopic (exact) mass is 880 g/mol. The molecule has 10 nitrogen and oxygen atoms in total. The third kappa shape index (κ3) is 40.4. The fourth-order valence-electron chi connectivity index (χ4n) is 7.18. The lowest BCUT2D eigenvalue weighted by Crippen LogP contribution is -2.38. The molecule has 364 valence electrons. The fourth-order valence-corrected chi connectivity index (χ4v) is 7.18. The molecular weight excluding hydrogens is 783 g/mol. The maximum absolute atomic E-state index is 13.0. The Bertz CT molecular complexity index is 1050. The number of carbonyl (C=O) groups is 3. The van der Waals surface area contributed by atoms with Crippen molar-refractivity contribution >= 4 is 18.1 Å². The van der Waals surface area contributed by atoms with Crippen molar-refractivity contribution < 1.29 is 42.8 Å². The van der Waals surface area contributed by atoms with E-state index in [0.717, 1.165) is 77.2 Å². The van der Waals surface area contributed by atoms with E-state index in [9.17, 15) is 14.4 Å². The standard InChI is InChI=1S/C52H97NO9/c1-8-11-14-17-20-21-22-23-24-25-26-27-28-29-32-36-49(54)60-43-48(45-62-52(56)59-42-35-39-53(46(4)5)47(6)7)44-61-50(55)37-38-51(57-40-33-30-18-15-12-9-2)58-41-34-31-19-16-13-10-3/h20-21,23-24,46-48,51H,8-19,22,25-45H2,1-7H3/b21-20-,24-23-. The number of nitrogens with zero attached hydrogens (tertiary/aromatic N) is 1. The number of ether oxygens (including phenoxy) is 6. The van der Waals surface area contributed by atoms with Gasteiger partial charge in [0.15, 0.2) is 6.29 Å². The minimum absolute atomic E-state index is 0.0250. The minimum Gasteiger partial charge on any atom is -0.465 e. The molecule has 0 aromatic carbocycles. The van der Waals surface area contributed by atoms with Crippen LogP contribution >= 0.6 is 0 Å². The van der Waals surface area contributed by atoms with Gasteiger partial charge in [0.05, 0.1) is 18.9 Å². The van der Waals surface area contributed by atoms with Crippen LogP contribution in [0.1, 0.15) is 222 Å². The van der Waals surface area contributed by atoms with Crippen LogP contribution in [-0.4, -0.2) is 87.6 Å². The molecule has 0 N–H and O–H groups in total. The van der Waals surface area contributed by atoms with E-state index < -0.39 is 24.3 Å². The molecule has 0 aliphatic carbocycles. The van der Waals surface area contributed by atoms with Crippen LogP contribution in [0.3, 0.4) is 0 Å². The first-order valence-corrected chi connectivity index (χ1v) is 25.5. The molecule has 10 heteroatoms. The summed E-state index contributed by atoms with van der Waals surface area (Å²) >= 11 is 0. The topological polar surface area (TPSA) is 110 Å². The second-order valence-corrected chi connectivity index (χ2v) is 17.6. The molecular formula is C52H97NO9. The molecule has 0 fully saturated rings. The van der Waals surface area contributed by atoms with Crippen LogP contribution in [-0.2, 0) is 38.0 Å². The first-order valence-electron chi connectivity index (χ1n) is 25.5.